The zero-order valence-electron chi connectivity index (χ0n) is 12.8. The number of hydrogen-bond donors (Lipinski definition) is 2. The van der Waals surface area contributed by atoms with Crippen LogP contribution in [0.4, 0.5) is 0 Å². The number of ether oxygens (including phenoxy) is 1. The van der Waals surface area contributed by atoms with Crippen molar-refractivity contribution >= 4 is 16.0 Å². The van der Waals surface area contributed by atoms with E-state index < -0.39 is 21.4 Å². The van der Waals surface area contributed by atoms with Crippen molar-refractivity contribution in [2.45, 2.75) is 31.6 Å². The third kappa shape index (κ3) is 3.48. The van der Waals surface area contributed by atoms with Crippen LogP contribution in [0.15, 0.2) is 23.1 Å². The van der Waals surface area contributed by atoms with Crippen molar-refractivity contribution in [3.63, 3.8) is 0 Å². The lowest BCUT2D eigenvalue weighted by atomic mass is 9.80. The SMILES string of the molecule is Cc1ccc(S(=O)(=O)NCC2(C(=O)O)CCOCC2)cc1C. The monoisotopic (exact) mass is 327 g/mol. The van der Waals surface area contributed by atoms with Crippen LogP contribution in [0.25, 0.3) is 0 Å². The first kappa shape index (κ1) is 16.9. The molecule has 0 atom stereocenters. The minimum Gasteiger partial charge on any atom is -0.481 e. The highest BCUT2D eigenvalue weighted by Crippen LogP contribution is 2.30. The first-order valence-corrected chi connectivity index (χ1v) is 8.63. The zero-order valence-corrected chi connectivity index (χ0v) is 13.6. The third-order valence-electron chi connectivity index (χ3n) is 4.29. The van der Waals surface area contributed by atoms with Crippen LogP contribution in [0.2, 0.25) is 0 Å². The van der Waals surface area contributed by atoms with Crippen LogP contribution < -0.4 is 4.72 Å². The molecule has 1 fully saturated rings. The maximum absolute atomic E-state index is 12.4. The third-order valence-corrected chi connectivity index (χ3v) is 5.69. The molecule has 22 heavy (non-hydrogen) atoms. The van der Waals surface area contributed by atoms with E-state index in [-0.39, 0.29) is 11.4 Å². The number of carboxylic acids is 1. The predicted molar refractivity (Wildman–Crippen MR) is 81.2 cm³/mol. The van der Waals surface area contributed by atoms with Crippen LogP contribution in [0.1, 0.15) is 24.0 Å². The van der Waals surface area contributed by atoms with Crippen molar-refractivity contribution in [3.05, 3.63) is 29.3 Å². The van der Waals surface area contributed by atoms with Crippen molar-refractivity contribution in [1.82, 2.24) is 4.72 Å². The molecular formula is C15H21NO5S. The number of carboxylic acid groups (broad SMARTS) is 1. The van der Waals surface area contributed by atoms with Gasteiger partial charge >= 0.3 is 5.97 Å². The topological polar surface area (TPSA) is 92.7 Å². The van der Waals surface area contributed by atoms with Gasteiger partial charge in [0.1, 0.15) is 0 Å². The summed E-state index contributed by atoms with van der Waals surface area (Å²) >= 11 is 0. The van der Waals surface area contributed by atoms with E-state index in [1.807, 2.05) is 13.8 Å². The Bertz CT molecular complexity index is 663. The summed E-state index contributed by atoms with van der Waals surface area (Å²) in [6.45, 7) is 4.28. The molecule has 0 spiro atoms. The number of rotatable bonds is 5. The summed E-state index contributed by atoms with van der Waals surface area (Å²) < 4.78 is 32.4. The Balaban J connectivity index is 2.17. The maximum Gasteiger partial charge on any atom is 0.311 e. The standard InChI is InChI=1S/C15H21NO5S/c1-11-3-4-13(9-12(11)2)22(19,20)16-10-15(14(17)18)5-7-21-8-6-15/h3-4,9,16H,5-8,10H2,1-2H3,(H,17,18). The van der Waals surface area contributed by atoms with E-state index in [0.29, 0.717) is 26.1 Å². The van der Waals surface area contributed by atoms with Crippen LogP contribution in [-0.2, 0) is 19.6 Å². The summed E-state index contributed by atoms with van der Waals surface area (Å²) in [6, 6.07) is 4.86. The molecular weight excluding hydrogens is 306 g/mol. The van der Waals surface area contributed by atoms with E-state index in [9.17, 15) is 18.3 Å². The smallest absolute Gasteiger partial charge is 0.311 e. The maximum atomic E-state index is 12.4. The summed E-state index contributed by atoms with van der Waals surface area (Å²) in [5, 5.41) is 9.45. The molecule has 1 aliphatic heterocycles. The van der Waals surface area contributed by atoms with Gasteiger partial charge in [0.15, 0.2) is 0 Å². The second-order valence-electron chi connectivity index (χ2n) is 5.77. The highest BCUT2D eigenvalue weighted by Gasteiger charge is 2.41. The zero-order chi connectivity index (χ0) is 16.4. The summed E-state index contributed by atoms with van der Waals surface area (Å²) in [5.74, 6) is -0.987. The normalized spacial score (nSPS) is 18.1. The molecule has 6 nitrogen and oxygen atoms in total. The lowest BCUT2D eigenvalue weighted by Crippen LogP contribution is -2.46. The Morgan fingerprint density at radius 3 is 2.45 bits per heavy atom. The number of aryl methyl sites for hydroxylation is 2. The average Bonchev–Trinajstić information content (AvgIpc) is 2.49. The van der Waals surface area contributed by atoms with Gasteiger partial charge in [0.2, 0.25) is 10.0 Å². The van der Waals surface area contributed by atoms with Gasteiger partial charge in [-0.3, -0.25) is 4.79 Å². The molecule has 0 saturated carbocycles. The lowest BCUT2D eigenvalue weighted by molar-refractivity contribution is -0.154. The molecule has 1 heterocycles. The molecule has 2 N–H and O–H groups in total. The fourth-order valence-electron chi connectivity index (χ4n) is 2.43. The molecule has 1 saturated heterocycles. The Hall–Kier alpha value is -1.44. The van der Waals surface area contributed by atoms with Gasteiger partial charge in [-0.25, -0.2) is 13.1 Å². The van der Waals surface area contributed by atoms with Crippen molar-refractivity contribution in [1.29, 1.82) is 0 Å². The molecule has 2 rings (SSSR count). The van der Waals surface area contributed by atoms with E-state index in [1.165, 1.54) is 6.07 Å². The van der Waals surface area contributed by atoms with Crippen LogP contribution in [-0.4, -0.2) is 39.3 Å². The quantitative estimate of drug-likeness (QED) is 0.854. The Morgan fingerprint density at radius 1 is 1.27 bits per heavy atom. The van der Waals surface area contributed by atoms with Gasteiger partial charge in [-0.15, -0.1) is 0 Å². The first-order valence-electron chi connectivity index (χ1n) is 7.15. The molecule has 1 aliphatic rings. The summed E-state index contributed by atoms with van der Waals surface area (Å²) in [5.41, 5.74) is 0.790. The van der Waals surface area contributed by atoms with Crippen molar-refractivity contribution in [3.8, 4) is 0 Å². The largest absolute Gasteiger partial charge is 0.481 e. The summed E-state index contributed by atoms with van der Waals surface area (Å²) in [7, 11) is -3.72. The van der Waals surface area contributed by atoms with E-state index in [0.717, 1.165) is 11.1 Å². The Labute approximate surface area is 130 Å². The lowest BCUT2D eigenvalue weighted by Gasteiger charge is -2.33. The fourth-order valence-corrected chi connectivity index (χ4v) is 3.64. The number of hydrogen-bond acceptors (Lipinski definition) is 4. The highest BCUT2D eigenvalue weighted by molar-refractivity contribution is 7.89. The second kappa shape index (κ2) is 6.36. The van der Waals surface area contributed by atoms with Gasteiger partial charge in [-0.2, -0.15) is 0 Å². The molecule has 1 aromatic rings. The van der Waals surface area contributed by atoms with Crippen molar-refractivity contribution in [2.75, 3.05) is 19.8 Å². The van der Waals surface area contributed by atoms with Gasteiger partial charge in [-0.05, 0) is 49.9 Å². The van der Waals surface area contributed by atoms with E-state index in [1.54, 1.807) is 12.1 Å². The van der Waals surface area contributed by atoms with Crippen LogP contribution >= 0.6 is 0 Å². The molecule has 0 unspecified atom stereocenters. The molecule has 0 aromatic heterocycles. The van der Waals surface area contributed by atoms with E-state index >= 15 is 0 Å². The molecule has 0 bridgehead atoms. The van der Waals surface area contributed by atoms with Crippen LogP contribution in [0, 0.1) is 19.3 Å². The number of carbonyl (C=O) groups is 1. The van der Waals surface area contributed by atoms with Crippen molar-refractivity contribution < 1.29 is 23.1 Å². The number of nitrogens with one attached hydrogen (secondary N) is 1. The van der Waals surface area contributed by atoms with Gasteiger partial charge in [0.05, 0.1) is 10.3 Å². The Kier molecular flexibility index (Phi) is 4.89. The number of benzene rings is 1. The molecule has 122 valence electrons. The van der Waals surface area contributed by atoms with E-state index in [2.05, 4.69) is 4.72 Å². The fraction of sp³-hybridized carbons (Fsp3) is 0.533. The van der Waals surface area contributed by atoms with Gasteiger partial charge in [0, 0.05) is 19.8 Å². The molecule has 0 amide bonds. The molecule has 7 heteroatoms. The summed E-state index contributed by atoms with van der Waals surface area (Å²) in [6.07, 6.45) is 0.607. The van der Waals surface area contributed by atoms with Gasteiger partial charge in [0.25, 0.3) is 0 Å². The molecule has 0 aliphatic carbocycles. The predicted octanol–water partition coefficient (Wildman–Crippen LogP) is 1.46. The number of sulfonamides is 1. The molecule has 1 aromatic carbocycles. The van der Waals surface area contributed by atoms with Crippen LogP contribution in [0.5, 0.6) is 0 Å². The second-order valence-corrected chi connectivity index (χ2v) is 7.54. The van der Waals surface area contributed by atoms with Gasteiger partial charge in [-0.1, -0.05) is 6.07 Å². The van der Waals surface area contributed by atoms with Crippen LogP contribution in [0.3, 0.4) is 0 Å². The summed E-state index contributed by atoms with van der Waals surface area (Å²) in [4.78, 5) is 11.7. The minimum absolute atomic E-state index is 0.124. The highest BCUT2D eigenvalue weighted by atomic mass is 32.2. The average molecular weight is 327 g/mol. The van der Waals surface area contributed by atoms with E-state index in [4.69, 9.17) is 4.74 Å². The Morgan fingerprint density at radius 2 is 1.91 bits per heavy atom. The van der Waals surface area contributed by atoms with Gasteiger partial charge < -0.3 is 9.84 Å². The van der Waals surface area contributed by atoms with Crippen molar-refractivity contribution in [2.24, 2.45) is 5.41 Å². The number of aliphatic carboxylic acids is 1. The minimum atomic E-state index is -3.72. The molecule has 0 radical (unpaired) electrons. The first-order chi connectivity index (χ1) is 10.3.